The molecule has 3 aromatic heterocycles. The highest BCUT2D eigenvalue weighted by molar-refractivity contribution is 6.10. The summed E-state index contributed by atoms with van der Waals surface area (Å²) in [5.41, 5.74) is 9.27. The molecule has 36 heavy (non-hydrogen) atoms. The first-order chi connectivity index (χ1) is 17.9. The van der Waals surface area contributed by atoms with Gasteiger partial charge in [0.25, 0.3) is 0 Å². The molecule has 0 aliphatic carbocycles. The number of rotatable bonds is 2. The molecule has 0 aliphatic rings. The maximum atomic E-state index is 5.08. The van der Waals surface area contributed by atoms with Gasteiger partial charge in [0.05, 0.1) is 27.6 Å². The highest BCUT2D eigenvalue weighted by Gasteiger charge is 2.17. The van der Waals surface area contributed by atoms with Crippen LogP contribution in [0.3, 0.4) is 0 Å². The first-order valence-corrected chi connectivity index (χ1v) is 12.1. The molecule has 0 aliphatic heterocycles. The van der Waals surface area contributed by atoms with E-state index in [1.54, 1.807) is 0 Å². The second-order valence-corrected chi connectivity index (χ2v) is 9.13. The van der Waals surface area contributed by atoms with Gasteiger partial charge in [0.1, 0.15) is 5.52 Å². The highest BCUT2D eigenvalue weighted by atomic mass is 15.1. The van der Waals surface area contributed by atoms with Crippen LogP contribution in [0, 0.1) is 0 Å². The summed E-state index contributed by atoms with van der Waals surface area (Å²) in [7, 11) is 0. The number of nitrogens with zero attached hydrogens (tertiary/aromatic N) is 4. The van der Waals surface area contributed by atoms with Crippen molar-refractivity contribution in [3.8, 4) is 11.4 Å². The lowest BCUT2D eigenvalue weighted by Gasteiger charge is -2.12. The van der Waals surface area contributed by atoms with Gasteiger partial charge in [-0.05, 0) is 48.5 Å². The van der Waals surface area contributed by atoms with Crippen molar-refractivity contribution in [2.24, 2.45) is 0 Å². The minimum Gasteiger partial charge on any atom is -0.309 e. The van der Waals surface area contributed by atoms with Crippen LogP contribution in [0.5, 0.6) is 0 Å². The molecule has 3 heterocycles. The molecular weight excluding hydrogens is 440 g/mol. The van der Waals surface area contributed by atoms with Gasteiger partial charge in [-0.2, -0.15) is 0 Å². The maximum Gasteiger partial charge on any atom is 0.165 e. The van der Waals surface area contributed by atoms with Crippen LogP contribution in [0.1, 0.15) is 0 Å². The van der Waals surface area contributed by atoms with Gasteiger partial charge in [0.15, 0.2) is 5.65 Å². The van der Waals surface area contributed by atoms with Crippen LogP contribution in [0.25, 0.3) is 66.3 Å². The summed E-state index contributed by atoms with van der Waals surface area (Å²) in [4.78, 5) is 10.1. The first-order valence-electron chi connectivity index (χ1n) is 12.1. The third-order valence-electron chi connectivity index (χ3n) is 7.09. The second-order valence-electron chi connectivity index (χ2n) is 9.13. The quantitative estimate of drug-likeness (QED) is 0.264. The molecule has 0 saturated heterocycles. The summed E-state index contributed by atoms with van der Waals surface area (Å²) in [5.74, 6) is 0. The molecule has 4 heteroatoms. The van der Waals surface area contributed by atoms with Gasteiger partial charge in [0.2, 0.25) is 0 Å². The van der Waals surface area contributed by atoms with Crippen LogP contribution in [0.15, 0.2) is 121 Å². The largest absolute Gasteiger partial charge is 0.309 e. The monoisotopic (exact) mass is 460 g/mol. The van der Waals surface area contributed by atoms with E-state index in [0.717, 1.165) is 44.5 Å². The molecule has 0 bridgehead atoms. The zero-order valence-electron chi connectivity index (χ0n) is 19.3. The van der Waals surface area contributed by atoms with Gasteiger partial charge in [-0.15, -0.1) is 0 Å². The number of aromatic nitrogens is 4. The van der Waals surface area contributed by atoms with E-state index in [0.29, 0.717) is 0 Å². The Balaban J connectivity index is 1.45. The molecule has 0 fully saturated rings. The second kappa shape index (κ2) is 7.27. The summed E-state index contributed by atoms with van der Waals surface area (Å²) >= 11 is 0. The van der Waals surface area contributed by atoms with E-state index in [2.05, 4.69) is 106 Å². The Hall–Kier alpha value is -4.96. The smallest absolute Gasteiger partial charge is 0.165 e. The van der Waals surface area contributed by atoms with Gasteiger partial charge in [-0.3, -0.25) is 4.57 Å². The molecule has 4 nitrogen and oxygen atoms in total. The van der Waals surface area contributed by atoms with E-state index in [1.165, 1.54) is 21.8 Å². The predicted octanol–water partition coefficient (Wildman–Crippen LogP) is 7.82. The molecule has 168 valence electrons. The molecule has 0 amide bonds. The Kier molecular flexibility index (Phi) is 3.91. The van der Waals surface area contributed by atoms with Gasteiger partial charge in [0, 0.05) is 27.5 Å². The third kappa shape index (κ3) is 2.64. The Morgan fingerprint density at radius 2 is 0.917 bits per heavy atom. The van der Waals surface area contributed by atoms with Crippen molar-refractivity contribution in [2.45, 2.75) is 0 Å². The molecule has 8 aromatic rings. The average Bonchev–Trinajstić information content (AvgIpc) is 3.44. The van der Waals surface area contributed by atoms with Gasteiger partial charge in [-0.25, -0.2) is 9.97 Å². The normalized spacial score (nSPS) is 11.9. The summed E-state index contributed by atoms with van der Waals surface area (Å²) in [6, 6.07) is 42.4. The lowest BCUT2D eigenvalue weighted by Crippen LogP contribution is -1.99. The summed E-state index contributed by atoms with van der Waals surface area (Å²) in [5, 5.41) is 3.62. The van der Waals surface area contributed by atoms with Crippen molar-refractivity contribution in [3.63, 3.8) is 0 Å². The Bertz CT molecular complexity index is 2060. The molecule has 5 aromatic carbocycles. The number of benzene rings is 5. The summed E-state index contributed by atoms with van der Waals surface area (Å²) in [6.45, 7) is 0. The van der Waals surface area contributed by atoms with Gasteiger partial charge >= 0.3 is 0 Å². The molecule has 0 unspecified atom stereocenters. The van der Waals surface area contributed by atoms with Crippen molar-refractivity contribution in [3.05, 3.63) is 121 Å². The topological polar surface area (TPSA) is 35.6 Å². The zero-order valence-corrected chi connectivity index (χ0v) is 19.3. The van der Waals surface area contributed by atoms with E-state index in [9.17, 15) is 0 Å². The van der Waals surface area contributed by atoms with E-state index in [4.69, 9.17) is 9.97 Å². The number of fused-ring (bicyclic) bond motifs is 7. The Labute approximate surface area is 206 Å². The summed E-state index contributed by atoms with van der Waals surface area (Å²) < 4.78 is 4.59. The molecule has 0 N–H and O–H groups in total. The van der Waals surface area contributed by atoms with Crippen LogP contribution in [-0.4, -0.2) is 19.1 Å². The minimum atomic E-state index is 0.870. The minimum absolute atomic E-state index is 0.870. The fourth-order valence-corrected chi connectivity index (χ4v) is 5.54. The fourth-order valence-electron chi connectivity index (χ4n) is 5.54. The van der Waals surface area contributed by atoms with E-state index in [1.807, 2.05) is 24.3 Å². The van der Waals surface area contributed by atoms with Crippen LogP contribution >= 0.6 is 0 Å². The fraction of sp³-hybridized carbons (Fsp3) is 0. The molecule has 8 rings (SSSR count). The van der Waals surface area contributed by atoms with E-state index < -0.39 is 0 Å². The first kappa shape index (κ1) is 19.4. The van der Waals surface area contributed by atoms with Gasteiger partial charge < -0.3 is 4.57 Å². The zero-order chi connectivity index (χ0) is 23.6. The predicted molar refractivity (Wildman–Crippen MR) is 148 cm³/mol. The van der Waals surface area contributed by atoms with Crippen LogP contribution in [0.4, 0.5) is 0 Å². The molecule has 0 spiro atoms. The van der Waals surface area contributed by atoms with Crippen LogP contribution in [0.2, 0.25) is 0 Å². The van der Waals surface area contributed by atoms with Crippen LogP contribution < -0.4 is 0 Å². The van der Waals surface area contributed by atoms with Crippen molar-refractivity contribution in [1.29, 1.82) is 0 Å². The molecular formula is C32H20N4. The molecule has 0 saturated carbocycles. The molecule has 0 atom stereocenters. The standard InChI is InChI=1S/C32H20N4/c1-6-17-28-23(12-1)24-13-2-7-18-29(24)35(28)21-10-9-11-22(20-21)36-30-19-8-3-14-25(30)31-32(36)34-27-16-5-4-15-26(27)33-31/h1-20H. The lowest BCUT2D eigenvalue weighted by atomic mass is 10.2. The van der Waals surface area contributed by atoms with Crippen LogP contribution in [-0.2, 0) is 0 Å². The van der Waals surface area contributed by atoms with Crippen molar-refractivity contribution < 1.29 is 0 Å². The van der Waals surface area contributed by atoms with Crippen molar-refractivity contribution in [2.75, 3.05) is 0 Å². The number of para-hydroxylation sites is 5. The third-order valence-corrected chi connectivity index (χ3v) is 7.09. The SMILES string of the molecule is c1cc(-n2c3ccccc3c3ccccc32)cc(-n2c3ccccc3c3nc4ccccc4nc32)c1. The molecule has 0 radical (unpaired) electrons. The van der Waals surface area contributed by atoms with Crippen molar-refractivity contribution in [1.82, 2.24) is 19.1 Å². The van der Waals surface area contributed by atoms with E-state index in [-0.39, 0.29) is 0 Å². The lowest BCUT2D eigenvalue weighted by molar-refractivity contribution is 1.11. The number of hydrogen-bond acceptors (Lipinski definition) is 2. The van der Waals surface area contributed by atoms with Gasteiger partial charge in [-0.1, -0.05) is 72.8 Å². The summed E-state index contributed by atoms with van der Waals surface area (Å²) in [6.07, 6.45) is 0. The Morgan fingerprint density at radius 1 is 0.417 bits per heavy atom. The van der Waals surface area contributed by atoms with Crippen molar-refractivity contribution >= 4 is 54.9 Å². The number of hydrogen-bond donors (Lipinski definition) is 0. The Morgan fingerprint density at radius 3 is 1.58 bits per heavy atom. The maximum absolute atomic E-state index is 5.08. The highest BCUT2D eigenvalue weighted by Crippen LogP contribution is 2.34. The average molecular weight is 461 g/mol. The van der Waals surface area contributed by atoms with E-state index >= 15 is 0 Å².